The highest BCUT2D eigenvalue weighted by molar-refractivity contribution is 5.40. The van der Waals surface area contributed by atoms with E-state index in [1.165, 1.54) is 35.5 Å². The van der Waals surface area contributed by atoms with Gasteiger partial charge in [0.05, 0.1) is 0 Å². The smallest absolute Gasteiger partial charge is 0.0455 e. The number of hydrogen-bond donors (Lipinski definition) is 1. The van der Waals surface area contributed by atoms with Crippen LogP contribution in [0.2, 0.25) is 0 Å². The summed E-state index contributed by atoms with van der Waals surface area (Å²) in [7, 11) is 0. The number of rotatable bonds is 4. The summed E-state index contributed by atoms with van der Waals surface area (Å²) >= 11 is 0. The van der Waals surface area contributed by atoms with Crippen molar-refractivity contribution in [2.45, 2.75) is 45.7 Å². The molecule has 1 aromatic heterocycles. The first kappa shape index (κ1) is 14.2. The Bertz CT molecular complexity index is 623. The highest BCUT2D eigenvalue weighted by Gasteiger charge is 2.13. The van der Waals surface area contributed by atoms with Gasteiger partial charge in [-0.05, 0) is 56.9 Å². The fourth-order valence-electron chi connectivity index (χ4n) is 3.22. The molecule has 0 saturated carbocycles. The maximum Gasteiger partial charge on any atom is 0.0455 e. The Hall–Kier alpha value is -1.80. The lowest BCUT2D eigenvalue weighted by atomic mass is 10.0. The standard InChI is InChI=1S/C19H24N2/c1-15-13-17(14-20-18-9-5-3-6-10-18)16(2)21(15)19-11-7-4-8-12-19/h3-5,7-8,11-13,18,20H,6,9-10,14H2,1-2H3. The van der Waals surface area contributed by atoms with E-state index in [0.717, 1.165) is 13.0 Å². The van der Waals surface area contributed by atoms with Gasteiger partial charge in [-0.1, -0.05) is 30.4 Å². The van der Waals surface area contributed by atoms with Crippen molar-refractivity contribution in [1.82, 2.24) is 9.88 Å². The molecule has 3 rings (SSSR count). The van der Waals surface area contributed by atoms with E-state index in [9.17, 15) is 0 Å². The predicted molar refractivity (Wildman–Crippen MR) is 88.9 cm³/mol. The van der Waals surface area contributed by atoms with E-state index >= 15 is 0 Å². The summed E-state index contributed by atoms with van der Waals surface area (Å²) < 4.78 is 2.35. The van der Waals surface area contributed by atoms with E-state index in [2.05, 4.69) is 72.3 Å². The van der Waals surface area contributed by atoms with Gasteiger partial charge < -0.3 is 9.88 Å². The van der Waals surface area contributed by atoms with Crippen molar-refractivity contribution >= 4 is 0 Å². The number of allylic oxidation sites excluding steroid dienone is 1. The second-order valence-electron chi connectivity index (χ2n) is 5.93. The van der Waals surface area contributed by atoms with Crippen LogP contribution in [-0.4, -0.2) is 10.6 Å². The third-order valence-electron chi connectivity index (χ3n) is 4.40. The normalized spacial score (nSPS) is 18.1. The molecule has 0 fully saturated rings. The number of nitrogens with zero attached hydrogens (tertiary/aromatic N) is 1. The average Bonchev–Trinajstić information content (AvgIpc) is 2.81. The molecule has 0 aliphatic heterocycles. The SMILES string of the molecule is Cc1cc(CNC2CC=CCC2)c(C)n1-c1ccccc1. The van der Waals surface area contributed by atoms with Crippen LogP contribution in [0.4, 0.5) is 0 Å². The number of benzene rings is 1. The summed E-state index contributed by atoms with van der Waals surface area (Å²) in [5.74, 6) is 0. The zero-order valence-corrected chi connectivity index (χ0v) is 13.0. The molecule has 1 aliphatic carbocycles. The lowest BCUT2D eigenvalue weighted by Crippen LogP contribution is -2.29. The number of nitrogens with one attached hydrogen (secondary N) is 1. The van der Waals surface area contributed by atoms with E-state index in [4.69, 9.17) is 0 Å². The lowest BCUT2D eigenvalue weighted by molar-refractivity contribution is 0.474. The van der Waals surface area contributed by atoms with Gasteiger partial charge in [0, 0.05) is 29.7 Å². The number of aromatic nitrogens is 1. The van der Waals surface area contributed by atoms with Crippen LogP contribution < -0.4 is 5.32 Å². The van der Waals surface area contributed by atoms with Crippen LogP contribution in [0, 0.1) is 13.8 Å². The molecule has 1 aromatic carbocycles. The van der Waals surface area contributed by atoms with Crippen LogP contribution in [0.1, 0.15) is 36.2 Å². The molecule has 0 spiro atoms. The van der Waals surface area contributed by atoms with Gasteiger partial charge in [-0.2, -0.15) is 0 Å². The van der Waals surface area contributed by atoms with E-state index in [1.54, 1.807) is 0 Å². The van der Waals surface area contributed by atoms with E-state index < -0.39 is 0 Å². The van der Waals surface area contributed by atoms with Gasteiger partial charge in [0.25, 0.3) is 0 Å². The topological polar surface area (TPSA) is 17.0 Å². The van der Waals surface area contributed by atoms with Crippen LogP contribution in [0.25, 0.3) is 5.69 Å². The lowest BCUT2D eigenvalue weighted by Gasteiger charge is -2.19. The fourth-order valence-corrected chi connectivity index (χ4v) is 3.22. The number of hydrogen-bond acceptors (Lipinski definition) is 1. The van der Waals surface area contributed by atoms with Crippen molar-refractivity contribution in [3.63, 3.8) is 0 Å². The third kappa shape index (κ3) is 3.11. The summed E-state index contributed by atoms with van der Waals surface area (Å²) in [6.45, 7) is 5.37. The highest BCUT2D eigenvalue weighted by atomic mass is 15.0. The van der Waals surface area contributed by atoms with E-state index in [-0.39, 0.29) is 0 Å². The minimum Gasteiger partial charge on any atom is -0.318 e. The monoisotopic (exact) mass is 280 g/mol. The summed E-state index contributed by atoms with van der Waals surface area (Å²) in [6, 6.07) is 13.5. The van der Waals surface area contributed by atoms with Gasteiger partial charge in [0.15, 0.2) is 0 Å². The molecule has 2 heteroatoms. The first-order valence-corrected chi connectivity index (χ1v) is 7.87. The Balaban J connectivity index is 1.76. The minimum absolute atomic E-state index is 0.634. The highest BCUT2D eigenvalue weighted by Crippen LogP contribution is 2.21. The molecule has 2 aromatic rings. The molecular formula is C19H24N2. The van der Waals surface area contributed by atoms with E-state index in [1.807, 2.05) is 0 Å². The molecule has 0 radical (unpaired) electrons. The summed E-state index contributed by atoms with van der Waals surface area (Å²) in [6.07, 6.45) is 8.22. The first-order valence-electron chi connectivity index (χ1n) is 7.87. The molecule has 1 aliphatic rings. The number of para-hydroxylation sites is 1. The van der Waals surface area contributed by atoms with Crippen molar-refractivity contribution in [1.29, 1.82) is 0 Å². The molecule has 0 saturated heterocycles. The quantitative estimate of drug-likeness (QED) is 0.827. The van der Waals surface area contributed by atoms with Crippen molar-refractivity contribution in [2.75, 3.05) is 0 Å². The summed E-state index contributed by atoms with van der Waals surface area (Å²) in [5.41, 5.74) is 5.31. The molecule has 110 valence electrons. The predicted octanol–water partition coefficient (Wildman–Crippen LogP) is 4.29. The molecule has 21 heavy (non-hydrogen) atoms. The Morgan fingerprint density at radius 1 is 1.14 bits per heavy atom. The second-order valence-corrected chi connectivity index (χ2v) is 5.93. The van der Waals surface area contributed by atoms with Crippen LogP contribution in [0.5, 0.6) is 0 Å². The third-order valence-corrected chi connectivity index (χ3v) is 4.40. The molecule has 0 bridgehead atoms. The van der Waals surface area contributed by atoms with Crippen LogP contribution in [0.15, 0.2) is 48.6 Å². The Morgan fingerprint density at radius 2 is 1.95 bits per heavy atom. The van der Waals surface area contributed by atoms with Gasteiger partial charge in [0.1, 0.15) is 0 Å². The Kier molecular flexibility index (Phi) is 4.26. The molecule has 1 atom stereocenters. The van der Waals surface area contributed by atoms with Gasteiger partial charge in [-0.15, -0.1) is 0 Å². The molecule has 1 unspecified atom stereocenters. The maximum atomic E-state index is 3.71. The number of aryl methyl sites for hydroxylation is 1. The largest absolute Gasteiger partial charge is 0.318 e. The van der Waals surface area contributed by atoms with Gasteiger partial charge in [-0.25, -0.2) is 0 Å². The molecular weight excluding hydrogens is 256 g/mol. The van der Waals surface area contributed by atoms with Crippen LogP contribution in [-0.2, 0) is 6.54 Å². The second kappa shape index (κ2) is 6.31. The van der Waals surface area contributed by atoms with E-state index in [0.29, 0.717) is 6.04 Å². The van der Waals surface area contributed by atoms with Crippen molar-refractivity contribution in [3.05, 3.63) is 65.5 Å². The zero-order valence-electron chi connectivity index (χ0n) is 13.0. The molecule has 0 amide bonds. The van der Waals surface area contributed by atoms with Gasteiger partial charge >= 0.3 is 0 Å². The molecule has 1 N–H and O–H groups in total. The fraction of sp³-hybridized carbons (Fsp3) is 0.368. The van der Waals surface area contributed by atoms with Gasteiger partial charge in [0.2, 0.25) is 0 Å². The minimum atomic E-state index is 0.634. The molecule has 2 nitrogen and oxygen atoms in total. The summed E-state index contributed by atoms with van der Waals surface area (Å²) in [4.78, 5) is 0. The Morgan fingerprint density at radius 3 is 2.67 bits per heavy atom. The van der Waals surface area contributed by atoms with Crippen molar-refractivity contribution in [3.8, 4) is 5.69 Å². The zero-order chi connectivity index (χ0) is 14.7. The maximum absolute atomic E-state index is 3.71. The van der Waals surface area contributed by atoms with Crippen LogP contribution in [0.3, 0.4) is 0 Å². The average molecular weight is 280 g/mol. The van der Waals surface area contributed by atoms with Crippen molar-refractivity contribution < 1.29 is 0 Å². The van der Waals surface area contributed by atoms with Crippen LogP contribution >= 0.6 is 0 Å². The Labute approximate surface area is 127 Å². The first-order chi connectivity index (χ1) is 10.3. The van der Waals surface area contributed by atoms with Crippen molar-refractivity contribution in [2.24, 2.45) is 0 Å². The molecule has 1 heterocycles. The summed E-state index contributed by atoms with van der Waals surface area (Å²) in [5, 5.41) is 3.71. The van der Waals surface area contributed by atoms with Gasteiger partial charge in [-0.3, -0.25) is 0 Å².